The molecule has 0 aliphatic rings. The van der Waals surface area contributed by atoms with E-state index in [1.165, 1.54) is 35.8 Å². The van der Waals surface area contributed by atoms with Gasteiger partial charge in [0.15, 0.2) is 0 Å². The Balaban J connectivity index is 2.13. The summed E-state index contributed by atoms with van der Waals surface area (Å²) in [7, 11) is 4.59. The maximum absolute atomic E-state index is 12.6. The number of para-hydroxylation sites is 1. The van der Waals surface area contributed by atoms with Crippen molar-refractivity contribution in [3.8, 4) is 0 Å². The Morgan fingerprint density at radius 3 is 2.42 bits per heavy atom. The molecule has 7 heteroatoms. The van der Waals surface area contributed by atoms with Gasteiger partial charge in [0.25, 0.3) is 11.5 Å². The second-order valence-electron chi connectivity index (χ2n) is 5.50. The fraction of sp³-hybridized carbons (Fsp3) is 0.176. The predicted molar refractivity (Wildman–Crippen MR) is 91.4 cm³/mol. The lowest BCUT2D eigenvalue weighted by Gasteiger charge is -2.17. The van der Waals surface area contributed by atoms with E-state index in [-0.39, 0.29) is 22.5 Å². The molecule has 122 valence electrons. The van der Waals surface area contributed by atoms with Crippen LogP contribution in [0, 0.1) is 0 Å². The highest BCUT2D eigenvalue weighted by Gasteiger charge is 2.17. The third-order valence-electron chi connectivity index (χ3n) is 3.99. The van der Waals surface area contributed by atoms with Crippen molar-refractivity contribution in [2.24, 2.45) is 14.1 Å². The normalized spacial score (nSPS) is 10.8. The smallest absolute Gasteiger partial charge is 0.311 e. The lowest BCUT2D eigenvalue weighted by Crippen LogP contribution is -2.37. The van der Waals surface area contributed by atoms with E-state index >= 15 is 0 Å². The monoisotopic (exact) mass is 324 g/mol. The minimum Gasteiger partial charge on any atom is -0.311 e. The molecule has 0 radical (unpaired) electrons. The van der Waals surface area contributed by atoms with Gasteiger partial charge in [-0.2, -0.15) is 0 Å². The number of aromatic nitrogens is 3. The molecule has 0 aliphatic heterocycles. The van der Waals surface area contributed by atoms with Crippen LogP contribution in [0.5, 0.6) is 0 Å². The Morgan fingerprint density at radius 2 is 1.75 bits per heavy atom. The van der Waals surface area contributed by atoms with Gasteiger partial charge in [0.1, 0.15) is 5.65 Å². The molecule has 0 aliphatic carbocycles. The first kappa shape index (κ1) is 15.7. The largest absolute Gasteiger partial charge is 0.332 e. The maximum Gasteiger partial charge on any atom is 0.332 e. The third kappa shape index (κ3) is 2.40. The summed E-state index contributed by atoms with van der Waals surface area (Å²) in [6.07, 6.45) is 1.38. The number of carbonyl (C=O) groups is 1. The molecular formula is C17H16N4O3. The van der Waals surface area contributed by atoms with Crippen LogP contribution < -0.4 is 16.1 Å². The molecule has 0 fully saturated rings. The van der Waals surface area contributed by atoms with E-state index < -0.39 is 11.2 Å². The Hall–Kier alpha value is -3.22. The number of aryl methyl sites for hydroxylation is 1. The minimum absolute atomic E-state index is 0.229. The molecule has 0 bridgehead atoms. The summed E-state index contributed by atoms with van der Waals surface area (Å²) in [6.45, 7) is 0. The average Bonchev–Trinajstić information content (AvgIpc) is 2.63. The summed E-state index contributed by atoms with van der Waals surface area (Å²) in [6, 6.07) is 10.6. The number of nitrogens with zero attached hydrogens (tertiary/aromatic N) is 4. The van der Waals surface area contributed by atoms with Crippen molar-refractivity contribution in [3.63, 3.8) is 0 Å². The van der Waals surface area contributed by atoms with E-state index in [9.17, 15) is 14.4 Å². The Bertz CT molecular complexity index is 1050. The van der Waals surface area contributed by atoms with E-state index in [1.807, 2.05) is 30.3 Å². The average molecular weight is 324 g/mol. The van der Waals surface area contributed by atoms with Crippen molar-refractivity contribution >= 4 is 22.6 Å². The molecular weight excluding hydrogens is 308 g/mol. The van der Waals surface area contributed by atoms with Crippen molar-refractivity contribution in [1.29, 1.82) is 0 Å². The van der Waals surface area contributed by atoms with Crippen LogP contribution in [-0.2, 0) is 14.1 Å². The van der Waals surface area contributed by atoms with Crippen LogP contribution in [0.2, 0.25) is 0 Å². The van der Waals surface area contributed by atoms with Crippen molar-refractivity contribution < 1.29 is 4.79 Å². The minimum atomic E-state index is -0.474. The summed E-state index contributed by atoms with van der Waals surface area (Å²) in [5, 5.41) is 0.229. The lowest BCUT2D eigenvalue weighted by atomic mass is 10.2. The molecule has 2 aromatic heterocycles. The highest BCUT2D eigenvalue weighted by Crippen LogP contribution is 2.16. The van der Waals surface area contributed by atoms with Crippen molar-refractivity contribution in [2.75, 3.05) is 11.9 Å². The highest BCUT2D eigenvalue weighted by molar-refractivity contribution is 6.06. The molecule has 24 heavy (non-hydrogen) atoms. The molecule has 0 atom stereocenters. The molecule has 0 saturated carbocycles. The van der Waals surface area contributed by atoms with Crippen molar-refractivity contribution in [1.82, 2.24) is 14.1 Å². The number of rotatable bonds is 2. The van der Waals surface area contributed by atoms with E-state index in [4.69, 9.17) is 0 Å². The van der Waals surface area contributed by atoms with Gasteiger partial charge < -0.3 is 4.90 Å². The zero-order valence-corrected chi connectivity index (χ0v) is 13.6. The molecule has 3 aromatic rings. The summed E-state index contributed by atoms with van der Waals surface area (Å²) in [4.78, 5) is 42.5. The molecule has 3 rings (SSSR count). The van der Waals surface area contributed by atoms with Crippen LogP contribution in [0.15, 0.2) is 52.2 Å². The molecule has 0 saturated heterocycles. The Morgan fingerprint density at radius 1 is 1.08 bits per heavy atom. The van der Waals surface area contributed by atoms with Gasteiger partial charge in [-0.15, -0.1) is 0 Å². The number of amides is 1. The van der Waals surface area contributed by atoms with E-state index in [0.717, 1.165) is 10.3 Å². The third-order valence-corrected chi connectivity index (χ3v) is 3.99. The number of hydrogen-bond acceptors (Lipinski definition) is 4. The van der Waals surface area contributed by atoms with Crippen molar-refractivity contribution in [3.05, 3.63) is 69.0 Å². The van der Waals surface area contributed by atoms with E-state index in [2.05, 4.69) is 4.98 Å². The highest BCUT2D eigenvalue weighted by atomic mass is 16.2. The number of pyridine rings is 1. The van der Waals surface area contributed by atoms with Crippen LogP contribution >= 0.6 is 0 Å². The van der Waals surface area contributed by atoms with E-state index in [0.29, 0.717) is 0 Å². The molecule has 7 nitrogen and oxygen atoms in total. The summed E-state index contributed by atoms with van der Waals surface area (Å²) in [5.74, 6) is -0.286. The number of anilines is 1. The fourth-order valence-electron chi connectivity index (χ4n) is 2.54. The SMILES string of the molecule is CN(C(=O)c1cnc2c(c1)c(=O)n(C)c(=O)n2C)c1ccccc1. The quantitative estimate of drug-likeness (QED) is 0.702. The lowest BCUT2D eigenvalue weighted by molar-refractivity contribution is 0.0993. The van der Waals surface area contributed by atoms with Gasteiger partial charge in [0.2, 0.25) is 0 Å². The second kappa shape index (κ2) is 5.77. The van der Waals surface area contributed by atoms with Gasteiger partial charge in [-0.1, -0.05) is 18.2 Å². The first-order valence-electron chi connectivity index (χ1n) is 7.30. The van der Waals surface area contributed by atoms with Crippen LogP contribution in [0.25, 0.3) is 11.0 Å². The molecule has 0 unspecified atom stereocenters. The van der Waals surface area contributed by atoms with Crippen molar-refractivity contribution in [2.45, 2.75) is 0 Å². The van der Waals surface area contributed by atoms with Gasteiger partial charge in [-0.3, -0.25) is 18.7 Å². The van der Waals surface area contributed by atoms with Gasteiger partial charge >= 0.3 is 5.69 Å². The predicted octanol–water partition coefficient (Wildman–Crippen LogP) is 0.909. The molecule has 0 spiro atoms. The van der Waals surface area contributed by atoms with Crippen LogP contribution in [0.3, 0.4) is 0 Å². The zero-order valence-electron chi connectivity index (χ0n) is 13.6. The van der Waals surface area contributed by atoms with Gasteiger partial charge in [-0.05, 0) is 18.2 Å². The van der Waals surface area contributed by atoms with Crippen LogP contribution in [0.1, 0.15) is 10.4 Å². The standard InChI is InChI=1S/C17H16N4O3/c1-19(12-7-5-4-6-8-12)15(22)11-9-13-14(18-10-11)20(2)17(24)21(3)16(13)23/h4-10H,1-3H3. The Kier molecular flexibility index (Phi) is 3.76. The number of fused-ring (bicyclic) bond motifs is 1. The topological polar surface area (TPSA) is 77.2 Å². The van der Waals surface area contributed by atoms with Gasteiger partial charge in [0, 0.05) is 33.0 Å². The number of benzene rings is 1. The van der Waals surface area contributed by atoms with E-state index in [1.54, 1.807) is 7.05 Å². The first-order chi connectivity index (χ1) is 11.4. The molecule has 1 amide bonds. The van der Waals surface area contributed by atoms with Gasteiger partial charge in [0.05, 0.1) is 10.9 Å². The fourth-order valence-corrected chi connectivity index (χ4v) is 2.54. The zero-order chi connectivity index (χ0) is 17.4. The molecule has 2 heterocycles. The summed E-state index contributed by atoms with van der Waals surface area (Å²) >= 11 is 0. The summed E-state index contributed by atoms with van der Waals surface area (Å²) < 4.78 is 2.28. The first-order valence-corrected chi connectivity index (χ1v) is 7.30. The van der Waals surface area contributed by atoms with Gasteiger partial charge in [-0.25, -0.2) is 9.78 Å². The second-order valence-corrected chi connectivity index (χ2v) is 5.50. The number of hydrogen-bond donors (Lipinski definition) is 0. The molecule has 1 aromatic carbocycles. The maximum atomic E-state index is 12.6. The van der Waals surface area contributed by atoms with Crippen LogP contribution in [0.4, 0.5) is 5.69 Å². The number of carbonyl (C=O) groups excluding carboxylic acids is 1. The van der Waals surface area contributed by atoms with Crippen LogP contribution in [-0.4, -0.2) is 27.1 Å². The Labute approximate surface area is 137 Å². The molecule has 0 N–H and O–H groups in total. The summed E-state index contributed by atoms with van der Waals surface area (Å²) in [5.41, 5.74) is 0.334.